The molecule has 5 heteroatoms. The summed E-state index contributed by atoms with van der Waals surface area (Å²) in [5.74, 6) is 0.660. The highest BCUT2D eigenvalue weighted by Gasteiger charge is 2.13. The average molecular weight is 233 g/mol. The molecule has 0 spiro atoms. The van der Waals surface area contributed by atoms with Gasteiger partial charge in [0.2, 0.25) is 0 Å². The Labute approximate surface area is 99.7 Å². The van der Waals surface area contributed by atoms with Gasteiger partial charge in [-0.1, -0.05) is 0 Å². The van der Waals surface area contributed by atoms with Crippen LogP contribution in [0.3, 0.4) is 0 Å². The fraction of sp³-hybridized carbons (Fsp3) is 0.333. The molecule has 0 aromatic carbocycles. The zero-order valence-electron chi connectivity index (χ0n) is 9.87. The second-order valence-electron chi connectivity index (χ2n) is 3.74. The van der Waals surface area contributed by atoms with Crippen LogP contribution in [0.15, 0.2) is 30.9 Å². The van der Waals surface area contributed by atoms with Crippen molar-refractivity contribution in [2.45, 2.75) is 13.0 Å². The van der Waals surface area contributed by atoms with Crippen LogP contribution in [-0.4, -0.2) is 26.5 Å². The van der Waals surface area contributed by atoms with E-state index in [0.717, 1.165) is 5.56 Å². The molecule has 0 aliphatic rings. The van der Waals surface area contributed by atoms with E-state index in [-0.39, 0.29) is 0 Å². The lowest BCUT2D eigenvalue weighted by Gasteiger charge is -2.10. The lowest BCUT2D eigenvalue weighted by Crippen LogP contribution is -2.01. The second kappa shape index (κ2) is 4.97. The van der Waals surface area contributed by atoms with Gasteiger partial charge in [-0.25, -0.2) is 0 Å². The molecule has 0 aliphatic heterocycles. The lowest BCUT2D eigenvalue weighted by molar-refractivity contribution is 0.219. The fourth-order valence-electron chi connectivity index (χ4n) is 1.60. The SMILES string of the molecule is CCOc1cncc(C(O)c2cnn(C)c2)c1. The van der Waals surface area contributed by atoms with Gasteiger partial charge in [0.15, 0.2) is 0 Å². The van der Waals surface area contributed by atoms with Gasteiger partial charge in [0.1, 0.15) is 11.9 Å². The summed E-state index contributed by atoms with van der Waals surface area (Å²) in [5, 5.41) is 14.2. The first-order valence-electron chi connectivity index (χ1n) is 5.45. The van der Waals surface area contributed by atoms with Gasteiger partial charge in [0, 0.05) is 30.6 Å². The van der Waals surface area contributed by atoms with Gasteiger partial charge < -0.3 is 9.84 Å². The number of aromatic nitrogens is 3. The van der Waals surface area contributed by atoms with Crippen LogP contribution >= 0.6 is 0 Å². The van der Waals surface area contributed by atoms with Crippen LogP contribution in [-0.2, 0) is 7.05 Å². The van der Waals surface area contributed by atoms with Crippen molar-refractivity contribution in [3.63, 3.8) is 0 Å². The maximum atomic E-state index is 10.1. The molecule has 90 valence electrons. The Balaban J connectivity index is 2.24. The van der Waals surface area contributed by atoms with Crippen molar-refractivity contribution in [3.05, 3.63) is 42.0 Å². The number of aryl methyl sites for hydroxylation is 1. The molecule has 17 heavy (non-hydrogen) atoms. The summed E-state index contributed by atoms with van der Waals surface area (Å²) < 4.78 is 6.99. The molecule has 0 aliphatic carbocycles. The molecule has 0 saturated carbocycles. The number of rotatable bonds is 4. The number of nitrogens with zero attached hydrogens (tertiary/aromatic N) is 3. The van der Waals surface area contributed by atoms with Crippen molar-refractivity contribution >= 4 is 0 Å². The van der Waals surface area contributed by atoms with E-state index in [4.69, 9.17) is 4.74 Å². The number of aliphatic hydroxyl groups is 1. The van der Waals surface area contributed by atoms with Crippen LogP contribution in [0.2, 0.25) is 0 Å². The van der Waals surface area contributed by atoms with E-state index in [1.54, 1.807) is 35.5 Å². The molecule has 0 bridgehead atoms. The second-order valence-corrected chi connectivity index (χ2v) is 3.74. The summed E-state index contributed by atoms with van der Waals surface area (Å²) >= 11 is 0. The molecule has 1 N–H and O–H groups in total. The molecule has 2 aromatic heterocycles. The van der Waals surface area contributed by atoms with E-state index in [0.29, 0.717) is 17.9 Å². The van der Waals surface area contributed by atoms with Gasteiger partial charge >= 0.3 is 0 Å². The first kappa shape index (κ1) is 11.6. The van der Waals surface area contributed by atoms with Crippen molar-refractivity contribution in [2.24, 2.45) is 7.05 Å². The number of pyridine rings is 1. The van der Waals surface area contributed by atoms with Crippen LogP contribution in [0.5, 0.6) is 5.75 Å². The molecule has 2 heterocycles. The topological polar surface area (TPSA) is 60.2 Å². The minimum Gasteiger partial charge on any atom is -0.492 e. The Kier molecular flexibility index (Phi) is 3.39. The van der Waals surface area contributed by atoms with Crippen LogP contribution in [0.4, 0.5) is 0 Å². The third-order valence-corrected chi connectivity index (χ3v) is 2.40. The number of hydrogen-bond donors (Lipinski definition) is 1. The molecular weight excluding hydrogens is 218 g/mol. The first-order valence-corrected chi connectivity index (χ1v) is 5.45. The Morgan fingerprint density at radius 2 is 2.18 bits per heavy atom. The zero-order valence-corrected chi connectivity index (χ0v) is 9.87. The molecule has 2 rings (SSSR count). The van der Waals surface area contributed by atoms with Crippen molar-refractivity contribution in [1.82, 2.24) is 14.8 Å². The molecule has 2 aromatic rings. The van der Waals surface area contributed by atoms with Crippen molar-refractivity contribution in [2.75, 3.05) is 6.61 Å². The minimum absolute atomic E-state index is 0.578. The van der Waals surface area contributed by atoms with Gasteiger partial charge in [-0.2, -0.15) is 5.10 Å². The molecule has 0 radical (unpaired) electrons. The normalized spacial score (nSPS) is 12.4. The number of aliphatic hydroxyl groups excluding tert-OH is 1. The predicted octanol–water partition coefficient (Wildman–Crippen LogP) is 1.30. The molecule has 0 fully saturated rings. The average Bonchev–Trinajstić information content (AvgIpc) is 2.76. The minimum atomic E-state index is -0.725. The third-order valence-electron chi connectivity index (χ3n) is 2.40. The summed E-state index contributed by atoms with van der Waals surface area (Å²) in [7, 11) is 1.81. The van der Waals surface area contributed by atoms with Crippen LogP contribution < -0.4 is 4.74 Å². The molecular formula is C12H15N3O2. The van der Waals surface area contributed by atoms with E-state index < -0.39 is 6.10 Å². The van der Waals surface area contributed by atoms with Gasteiger partial charge in [0.05, 0.1) is 19.0 Å². The highest BCUT2D eigenvalue weighted by molar-refractivity contribution is 5.30. The monoisotopic (exact) mass is 233 g/mol. The number of ether oxygens (including phenoxy) is 1. The highest BCUT2D eigenvalue weighted by Crippen LogP contribution is 2.23. The number of hydrogen-bond acceptors (Lipinski definition) is 4. The highest BCUT2D eigenvalue weighted by atomic mass is 16.5. The van der Waals surface area contributed by atoms with Gasteiger partial charge in [-0.15, -0.1) is 0 Å². The zero-order chi connectivity index (χ0) is 12.3. The summed E-state index contributed by atoms with van der Waals surface area (Å²) in [6.07, 6.45) is 5.94. The van der Waals surface area contributed by atoms with E-state index in [1.807, 2.05) is 14.0 Å². The maximum Gasteiger partial charge on any atom is 0.137 e. The predicted molar refractivity (Wildman–Crippen MR) is 62.7 cm³/mol. The molecule has 0 amide bonds. The van der Waals surface area contributed by atoms with Crippen molar-refractivity contribution in [1.29, 1.82) is 0 Å². The largest absolute Gasteiger partial charge is 0.492 e. The first-order chi connectivity index (χ1) is 8.20. The third kappa shape index (κ3) is 2.62. The van der Waals surface area contributed by atoms with E-state index in [1.165, 1.54) is 0 Å². The Morgan fingerprint density at radius 1 is 1.35 bits per heavy atom. The fourth-order valence-corrected chi connectivity index (χ4v) is 1.60. The van der Waals surface area contributed by atoms with Gasteiger partial charge in [0.25, 0.3) is 0 Å². The van der Waals surface area contributed by atoms with Gasteiger partial charge in [-0.05, 0) is 13.0 Å². The molecule has 0 saturated heterocycles. The summed E-state index contributed by atoms with van der Waals surface area (Å²) in [4.78, 5) is 4.04. The quantitative estimate of drug-likeness (QED) is 0.864. The maximum absolute atomic E-state index is 10.1. The van der Waals surface area contributed by atoms with Crippen molar-refractivity contribution < 1.29 is 9.84 Å². The smallest absolute Gasteiger partial charge is 0.137 e. The van der Waals surface area contributed by atoms with Crippen LogP contribution in [0, 0.1) is 0 Å². The van der Waals surface area contributed by atoms with Gasteiger partial charge in [-0.3, -0.25) is 9.67 Å². The van der Waals surface area contributed by atoms with E-state index in [2.05, 4.69) is 10.1 Å². The molecule has 5 nitrogen and oxygen atoms in total. The van der Waals surface area contributed by atoms with Crippen LogP contribution in [0.25, 0.3) is 0 Å². The Hall–Kier alpha value is -1.88. The summed E-state index contributed by atoms with van der Waals surface area (Å²) in [6.45, 7) is 2.48. The van der Waals surface area contributed by atoms with Crippen LogP contribution in [0.1, 0.15) is 24.2 Å². The summed E-state index contributed by atoms with van der Waals surface area (Å²) in [5.41, 5.74) is 1.44. The van der Waals surface area contributed by atoms with E-state index >= 15 is 0 Å². The lowest BCUT2D eigenvalue weighted by atomic mass is 10.1. The summed E-state index contributed by atoms with van der Waals surface area (Å²) in [6, 6.07) is 1.79. The standard InChI is InChI=1S/C12H15N3O2/c1-3-17-11-4-9(5-13-7-11)12(16)10-6-14-15(2)8-10/h4-8,12,16H,3H2,1-2H3. The molecule has 1 atom stereocenters. The molecule has 1 unspecified atom stereocenters. The van der Waals surface area contributed by atoms with E-state index in [9.17, 15) is 5.11 Å². The Bertz CT molecular complexity index is 496. The van der Waals surface area contributed by atoms with Crippen molar-refractivity contribution in [3.8, 4) is 5.75 Å². The Morgan fingerprint density at radius 3 is 2.82 bits per heavy atom.